The standard InChI is InChI=1S/C9H12N2O3/c1-5(2)11-4-10-7(9(13)14)6(3)8(11)12/h4-5H,1-3H3,(H,13,14). The van der Waals surface area contributed by atoms with E-state index in [9.17, 15) is 9.59 Å². The SMILES string of the molecule is Cc1c(C(=O)O)ncn(C(C)C)c1=O. The summed E-state index contributed by atoms with van der Waals surface area (Å²) < 4.78 is 1.40. The third-order valence-electron chi connectivity index (χ3n) is 1.98. The van der Waals surface area contributed by atoms with E-state index in [1.807, 2.05) is 13.8 Å². The van der Waals surface area contributed by atoms with Gasteiger partial charge in [0.05, 0.1) is 6.33 Å². The number of carboxylic acids is 1. The number of carboxylic acid groups (broad SMARTS) is 1. The van der Waals surface area contributed by atoms with Crippen LogP contribution >= 0.6 is 0 Å². The van der Waals surface area contributed by atoms with Crippen molar-refractivity contribution in [3.63, 3.8) is 0 Å². The van der Waals surface area contributed by atoms with Crippen molar-refractivity contribution in [2.24, 2.45) is 0 Å². The van der Waals surface area contributed by atoms with Crippen LogP contribution in [0, 0.1) is 6.92 Å². The molecule has 0 aliphatic rings. The second-order valence-electron chi connectivity index (χ2n) is 3.33. The van der Waals surface area contributed by atoms with Crippen molar-refractivity contribution >= 4 is 5.97 Å². The fraction of sp³-hybridized carbons (Fsp3) is 0.444. The highest BCUT2D eigenvalue weighted by molar-refractivity contribution is 5.86. The van der Waals surface area contributed by atoms with Crippen molar-refractivity contribution in [2.75, 3.05) is 0 Å². The van der Waals surface area contributed by atoms with Gasteiger partial charge in [-0.25, -0.2) is 9.78 Å². The highest BCUT2D eigenvalue weighted by Gasteiger charge is 2.14. The lowest BCUT2D eigenvalue weighted by molar-refractivity contribution is 0.0688. The van der Waals surface area contributed by atoms with Crippen LogP contribution in [-0.4, -0.2) is 20.6 Å². The maximum Gasteiger partial charge on any atom is 0.355 e. The number of rotatable bonds is 2. The number of carbonyl (C=O) groups is 1. The van der Waals surface area contributed by atoms with Gasteiger partial charge < -0.3 is 5.11 Å². The molecule has 0 atom stereocenters. The van der Waals surface area contributed by atoms with Crippen LogP contribution in [0.3, 0.4) is 0 Å². The summed E-state index contributed by atoms with van der Waals surface area (Å²) in [7, 11) is 0. The largest absolute Gasteiger partial charge is 0.476 e. The normalized spacial score (nSPS) is 10.6. The van der Waals surface area contributed by atoms with Crippen LogP contribution in [0.15, 0.2) is 11.1 Å². The van der Waals surface area contributed by atoms with Gasteiger partial charge >= 0.3 is 5.97 Å². The van der Waals surface area contributed by atoms with E-state index in [1.54, 1.807) is 0 Å². The Morgan fingerprint density at radius 2 is 2.14 bits per heavy atom. The Morgan fingerprint density at radius 3 is 2.57 bits per heavy atom. The molecule has 1 aromatic heterocycles. The predicted octanol–water partition coefficient (Wildman–Crippen LogP) is 0.831. The van der Waals surface area contributed by atoms with Gasteiger partial charge in [0, 0.05) is 11.6 Å². The topological polar surface area (TPSA) is 72.2 Å². The number of nitrogens with zero attached hydrogens (tertiary/aromatic N) is 2. The van der Waals surface area contributed by atoms with Crippen LogP contribution in [-0.2, 0) is 0 Å². The summed E-state index contributed by atoms with van der Waals surface area (Å²) in [4.78, 5) is 26.0. The molecule has 76 valence electrons. The van der Waals surface area contributed by atoms with Crippen LogP contribution in [0.2, 0.25) is 0 Å². The van der Waals surface area contributed by atoms with Gasteiger partial charge in [-0.2, -0.15) is 0 Å². The molecule has 0 spiro atoms. The van der Waals surface area contributed by atoms with E-state index in [1.165, 1.54) is 17.8 Å². The number of hydrogen-bond acceptors (Lipinski definition) is 3. The van der Waals surface area contributed by atoms with E-state index in [4.69, 9.17) is 5.11 Å². The maximum atomic E-state index is 11.6. The van der Waals surface area contributed by atoms with Gasteiger partial charge in [0.25, 0.3) is 5.56 Å². The monoisotopic (exact) mass is 196 g/mol. The van der Waals surface area contributed by atoms with Crippen molar-refractivity contribution in [1.29, 1.82) is 0 Å². The van der Waals surface area contributed by atoms with E-state index < -0.39 is 5.97 Å². The zero-order valence-corrected chi connectivity index (χ0v) is 8.31. The van der Waals surface area contributed by atoms with Gasteiger partial charge in [0.2, 0.25) is 0 Å². The minimum Gasteiger partial charge on any atom is -0.476 e. The molecule has 0 fully saturated rings. The average molecular weight is 196 g/mol. The average Bonchev–Trinajstić information content (AvgIpc) is 2.08. The number of aromatic nitrogens is 2. The highest BCUT2D eigenvalue weighted by atomic mass is 16.4. The van der Waals surface area contributed by atoms with E-state index in [-0.39, 0.29) is 22.9 Å². The zero-order chi connectivity index (χ0) is 10.9. The van der Waals surface area contributed by atoms with Crippen molar-refractivity contribution in [3.8, 4) is 0 Å². The number of aromatic carboxylic acids is 1. The molecule has 0 aliphatic carbocycles. The lowest BCUT2D eigenvalue weighted by Crippen LogP contribution is -2.27. The predicted molar refractivity (Wildman–Crippen MR) is 50.6 cm³/mol. The fourth-order valence-electron chi connectivity index (χ4n) is 1.15. The molecule has 0 aliphatic heterocycles. The van der Waals surface area contributed by atoms with Crippen LogP contribution in [0.4, 0.5) is 0 Å². The summed E-state index contributed by atoms with van der Waals surface area (Å²) in [5.74, 6) is -1.17. The minimum atomic E-state index is -1.17. The van der Waals surface area contributed by atoms with Crippen molar-refractivity contribution < 1.29 is 9.90 Å². The molecule has 0 unspecified atom stereocenters. The Hall–Kier alpha value is -1.65. The summed E-state index contributed by atoms with van der Waals surface area (Å²) in [6.07, 6.45) is 1.27. The van der Waals surface area contributed by atoms with Gasteiger partial charge in [0.1, 0.15) is 0 Å². The molecule has 5 heteroatoms. The fourth-order valence-corrected chi connectivity index (χ4v) is 1.15. The van der Waals surface area contributed by atoms with Crippen LogP contribution in [0.25, 0.3) is 0 Å². The smallest absolute Gasteiger partial charge is 0.355 e. The second kappa shape index (κ2) is 3.61. The van der Waals surface area contributed by atoms with E-state index in [2.05, 4.69) is 4.98 Å². The molecular formula is C9H12N2O3. The molecule has 1 aromatic rings. The van der Waals surface area contributed by atoms with E-state index in [0.29, 0.717) is 0 Å². The van der Waals surface area contributed by atoms with Gasteiger partial charge in [-0.15, -0.1) is 0 Å². The Bertz CT molecular complexity index is 421. The van der Waals surface area contributed by atoms with Crippen molar-refractivity contribution in [2.45, 2.75) is 26.8 Å². The Balaban J connectivity index is 3.42. The first-order chi connectivity index (χ1) is 6.45. The Labute approximate surface area is 81.0 Å². The molecule has 0 saturated carbocycles. The van der Waals surface area contributed by atoms with E-state index in [0.717, 1.165) is 0 Å². The molecule has 14 heavy (non-hydrogen) atoms. The highest BCUT2D eigenvalue weighted by Crippen LogP contribution is 2.02. The maximum absolute atomic E-state index is 11.6. The first-order valence-electron chi connectivity index (χ1n) is 4.26. The van der Waals surface area contributed by atoms with Gasteiger partial charge in [-0.1, -0.05) is 0 Å². The summed E-state index contributed by atoms with van der Waals surface area (Å²) in [6, 6.07) is -0.0171. The molecule has 1 heterocycles. The van der Waals surface area contributed by atoms with Gasteiger partial charge in [-0.05, 0) is 20.8 Å². The second-order valence-corrected chi connectivity index (χ2v) is 3.33. The van der Waals surface area contributed by atoms with Crippen molar-refractivity contribution in [1.82, 2.24) is 9.55 Å². The minimum absolute atomic E-state index is 0.0171. The first-order valence-corrected chi connectivity index (χ1v) is 4.26. The van der Waals surface area contributed by atoms with Crippen LogP contribution in [0.1, 0.15) is 35.9 Å². The molecule has 5 nitrogen and oxygen atoms in total. The Kier molecular flexibility index (Phi) is 2.69. The molecule has 0 radical (unpaired) electrons. The van der Waals surface area contributed by atoms with Gasteiger partial charge in [-0.3, -0.25) is 9.36 Å². The molecular weight excluding hydrogens is 184 g/mol. The lowest BCUT2D eigenvalue weighted by Gasteiger charge is -2.10. The van der Waals surface area contributed by atoms with Crippen molar-refractivity contribution in [3.05, 3.63) is 27.9 Å². The summed E-state index contributed by atoms with van der Waals surface area (Å²) in [5.41, 5.74) is -0.298. The quantitative estimate of drug-likeness (QED) is 0.760. The Morgan fingerprint density at radius 1 is 1.57 bits per heavy atom. The van der Waals surface area contributed by atoms with E-state index >= 15 is 0 Å². The summed E-state index contributed by atoms with van der Waals surface area (Å²) >= 11 is 0. The molecule has 0 bridgehead atoms. The summed E-state index contributed by atoms with van der Waals surface area (Å²) in [5, 5.41) is 8.71. The zero-order valence-electron chi connectivity index (χ0n) is 8.31. The third kappa shape index (κ3) is 1.66. The molecule has 1 N–H and O–H groups in total. The molecule has 0 aromatic carbocycles. The van der Waals surface area contributed by atoms with Crippen LogP contribution in [0.5, 0.6) is 0 Å². The lowest BCUT2D eigenvalue weighted by atomic mass is 10.2. The van der Waals surface area contributed by atoms with Crippen LogP contribution < -0.4 is 5.56 Å². The summed E-state index contributed by atoms with van der Waals surface area (Å²) in [6.45, 7) is 5.14. The third-order valence-corrected chi connectivity index (χ3v) is 1.98. The molecule has 1 rings (SSSR count). The molecule has 0 amide bonds. The number of hydrogen-bond donors (Lipinski definition) is 1. The first kappa shape index (κ1) is 10.4. The van der Waals surface area contributed by atoms with Gasteiger partial charge in [0.15, 0.2) is 5.69 Å². The molecule has 0 saturated heterocycles.